The van der Waals surface area contributed by atoms with E-state index in [4.69, 9.17) is 28.4 Å². The molecular weight excluding hydrogens is 930 g/mol. The van der Waals surface area contributed by atoms with E-state index in [2.05, 4.69) is 48.4 Å². The standard InChI is InChI=1S/C38H58FN7O9.C10H16N2O2S/c1-3-36(49)46-17-6-11-32(29-46)55-37-33(39)28-43-38(45-37)44-30-9-4-10-31(27-30)54-26-25-52-20-16-42-35(48)13-5-12-34(47)41-15-8-19-51-22-24-53-23-21-50-18-7-14-40-2;13-5-3-1-2-4-8-9-7(6-15-8)11-10(14)12-9/h3-4,9-10,27-28,32,40H,1,5-8,11-26,29H2,2H3,(H,41,47)(H,42,48)(H,43,44,45);5,7-9H,1-4,6H2,(H2,11,12,14). The van der Waals surface area contributed by atoms with E-state index in [1.165, 1.54) is 6.08 Å². The first-order chi connectivity index (χ1) is 34.2. The first-order valence-corrected chi connectivity index (χ1v) is 25.5. The minimum absolute atomic E-state index is 0.0248. The largest absolute Gasteiger partial charge is 0.491 e. The van der Waals surface area contributed by atoms with Gasteiger partial charge in [0, 0.05) is 74.9 Å². The van der Waals surface area contributed by atoms with Crippen LogP contribution in [-0.2, 0) is 38.1 Å². The van der Waals surface area contributed by atoms with Gasteiger partial charge in [-0.2, -0.15) is 21.1 Å². The number of halogens is 1. The highest BCUT2D eigenvalue weighted by Gasteiger charge is 2.42. The van der Waals surface area contributed by atoms with Gasteiger partial charge in [-0.15, -0.1) is 0 Å². The van der Waals surface area contributed by atoms with Crippen LogP contribution in [0.15, 0.2) is 43.1 Å². The number of piperidine rings is 1. The Balaban J connectivity index is 0.000000597. The van der Waals surface area contributed by atoms with Crippen LogP contribution in [-0.4, -0.2) is 173 Å². The Labute approximate surface area is 415 Å². The number of carbonyl (C=O) groups excluding carboxylic acids is 5. The molecule has 1 aromatic carbocycles. The van der Waals surface area contributed by atoms with Crippen LogP contribution in [0, 0.1) is 5.82 Å². The summed E-state index contributed by atoms with van der Waals surface area (Å²) in [7, 11) is 1.91. The van der Waals surface area contributed by atoms with Gasteiger partial charge in [0.15, 0.2) is 0 Å². The van der Waals surface area contributed by atoms with Crippen molar-refractivity contribution in [3.63, 3.8) is 0 Å². The highest BCUT2D eigenvalue weighted by Crippen LogP contribution is 2.33. The molecule has 4 unspecified atom stereocenters. The molecule has 4 atom stereocenters. The molecule has 3 aliphatic rings. The van der Waals surface area contributed by atoms with Crippen molar-refractivity contribution in [1.29, 1.82) is 0 Å². The molecule has 20 nitrogen and oxygen atoms in total. The SMILES string of the molecule is C=CC(=O)N1CCCC(Oc2nc(Nc3cccc(OCCOCCNC(=O)CCCC(=O)NCCCOCCOCCOCCCNC)c3)ncc2F)C1.O=CCCCCC1SCC2NC(=O)NC21. The van der Waals surface area contributed by atoms with Crippen molar-refractivity contribution in [3.05, 3.63) is 48.9 Å². The maximum absolute atomic E-state index is 14.5. The Morgan fingerprint density at radius 3 is 2.36 bits per heavy atom. The molecule has 22 heteroatoms. The predicted octanol–water partition coefficient (Wildman–Crippen LogP) is 3.67. The highest BCUT2D eigenvalue weighted by molar-refractivity contribution is 8.00. The lowest BCUT2D eigenvalue weighted by Gasteiger charge is -2.32. The molecule has 4 heterocycles. The minimum Gasteiger partial charge on any atom is -0.491 e. The molecule has 0 saturated carbocycles. The van der Waals surface area contributed by atoms with Crippen LogP contribution in [0.3, 0.4) is 0 Å². The second kappa shape index (κ2) is 35.0. The predicted molar refractivity (Wildman–Crippen MR) is 264 cm³/mol. The fourth-order valence-electron chi connectivity index (χ4n) is 7.49. The summed E-state index contributed by atoms with van der Waals surface area (Å²) in [6, 6.07) is 7.70. The number of nitrogens with one attached hydrogen (secondary N) is 6. The molecule has 0 spiro atoms. The molecule has 0 bridgehead atoms. The molecule has 5 rings (SSSR count). The Bertz CT molecular complexity index is 1870. The van der Waals surface area contributed by atoms with Gasteiger partial charge in [-0.05, 0) is 76.7 Å². The Morgan fingerprint density at radius 1 is 0.900 bits per heavy atom. The number of carbonyl (C=O) groups is 5. The van der Waals surface area contributed by atoms with Gasteiger partial charge in [-0.3, -0.25) is 14.4 Å². The van der Waals surface area contributed by atoms with E-state index in [1.54, 1.807) is 29.2 Å². The molecule has 0 radical (unpaired) electrons. The molecule has 1 aromatic heterocycles. The fourth-order valence-corrected chi connectivity index (χ4v) is 9.03. The number of thioether (sulfide) groups is 1. The molecule has 3 fully saturated rings. The second-order valence-corrected chi connectivity index (χ2v) is 17.9. The van der Waals surface area contributed by atoms with Gasteiger partial charge in [-0.1, -0.05) is 19.1 Å². The molecule has 6 N–H and O–H groups in total. The summed E-state index contributed by atoms with van der Waals surface area (Å²) in [5.41, 5.74) is 0.618. The quantitative estimate of drug-likeness (QED) is 0.0250. The number of likely N-dealkylation sites (tertiary alicyclic amines) is 1. The molecular formula is C48H74FN9O11S. The van der Waals surface area contributed by atoms with Gasteiger partial charge in [0.25, 0.3) is 5.88 Å². The van der Waals surface area contributed by atoms with Crippen LogP contribution in [0.2, 0.25) is 0 Å². The molecule has 70 heavy (non-hydrogen) atoms. The van der Waals surface area contributed by atoms with E-state index in [1.807, 2.05) is 18.8 Å². The average molecular weight is 1000 g/mol. The van der Waals surface area contributed by atoms with Crippen LogP contribution in [0.25, 0.3) is 0 Å². The zero-order valence-corrected chi connectivity index (χ0v) is 41.4. The first kappa shape index (κ1) is 57.4. The summed E-state index contributed by atoms with van der Waals surface area (Å²) < 4.78 is 48.0. The Morgan fingerprint density at radius 2 is 1.61 bits per heavy atom. The zero-order valence-electron chi connectivity index (χ0n) is 40.6. The number of hydrogen-bond acceptors (Lipinski definition) is 16. The van der Waals surface area contributed by atoms with Gasteiger partial charge >= 0.3 is 6.03 Å². The second-order valence-electron chi connectivity index (χ2n) is 16.6. The van der Waals surface area contributed by atoms with Crippen LogP contribution in [0.5, 0.6) is 11.6 Å². The summed E-state index contributed by atoms with van der Waals surface area (Å²) in [4.78, 5) is 67.2. The number of nitrogens with zero attached hydrogens (tertiary/aromatic N) is 3. The van der Waals surface area contributed by atoms with E-state index < -0.39 is 11.9 Å². The van der Waals surface area contributed by atoms with Crippen molar-refractivity contribution in [2.24, 2.45) is 0 Å². The van der Waals surface area contributed by atoms with E-state index in [9.17, 15) is 28.4 Å². The molecule has 3 aliphatic heterocycles. The minimum atomic E-state index is -0.699. The number of rotatable bonds is 35. The number of benzene rings is 1. The number of urea groups is 1. The van der Waals surface area contributed by atoms with E-state index >= 15 is 0 Å². The summed E-state index contributed by atoms with van der Waals surface area (Å²) in [5.74, 6) is 0.406. The van der Waals surface area contributed by atoms with Crippen molar-refractivity contribution in [2.45, 2.75) is 94.1 Å². The maximum atomic E-state index is 14.5. The van der Waals surface area contributed by atoms with Crippen LogP contribution in [0.4, 0.5) is 20.8 Å². The molecule has 3 saturated heterocycles. The molecule has 0 aliphatic carbocycles. The van der Waals surface area contributed by atoms with Crippen LogP contribution < -0.4 is 41.4 Å². The fraction of sp³-hybridized carbons (Fsp3) is 0.646. The summed E-state index contributed by atoms with van der Waals surface area (Å²) in [6.45, 7) is 10.5. The maximum Gasteiger partial charge on any atom is 0.315 e. The van der Waals surface area contributed by atoms with Crippen molar-refractivity contribution in [3.8, 4) is 11.6 Å². The van der Waals surface area contributed by atoms with E-state index in [0.29, 0.717) is 127 Å². The molecule has 2 aromatic rings. The van der Waals surface area contributed by atoms with E-state index in [0.717, 1.165) is 63.5 Å². The van der Waals surface area contributed by atoms with Crippen LogP contribution >= 0.6 is 11.8 Å². The van der Waals surface area contributed by atoms with Gasteiger partial charge in [0.2, 0.25) is 29.5 Å². The first-order valence-electron chi connectivity index (χ1n) is 24.4. The number of unbranched alkanes of at least 4 members (excludes halogenated alkanes) is 2. The van der Waals surface area contributed by atoms with Crippen molar-refractivity contribution < 1.29 is 56.8 Å². The highest BCUT2D eigenvalue weighted by atomic mass is 32.2. The smallest absolute Gasteiger partial charge is 0.315 e. The lowest BCUT2D eigenvalue weighted by atomic mass is 10.0. The molecule has 5 amide bonds. The van der Waals surface area contributed by atoms with Gasteiger partial charge in [0.05, 0.1) is 64.5 Å². The number of anilines is 2. The van der Waals surface area contributed by atoms with Crippen LogP contribution in [0.1, 0.15) is 70.6 Å². The topological polar surface area (TPSA) is 242 Å². The summed E-state index contributed by atoms with van der Waals surface area (Å²) in [6.07, 6.45) is 10.7. The third-order valence-electron chi connectivity index (χ3n) is 11.1. The van der Waals surface area contributed by atoms with Gasteiger partial charge in [0.1, 0.15) is 24.7 Å². The third kappa shape index (κ3) is 23.7. The number of hydrogen-bond donors (Lipinski definition) is 6. The van der Waals surface area contributed by atoms with Gasteiger partial charge < -0.3 is 70.0 Å². The average Bonchev–Trinajstić information content (AvgIpc) is 3.92. The Kier molecular flexibility index (Phi) is 28.8. The number of fused-ring (bicyclic) bond motifs is 1. The zero-order chi connectivity index (χ0) is 50.0. The van der Waals surface area contributed by atoms with Gasteiger partial charge in [-0.25, -0.2) is 9.78 Å². The van der Waals surface area contributed by atoms with Crippen molar-refractivity contribution in [2.75, 3.05) is 110 Å². The number of aromatic nitrogens is 2. The molecule has 390 valence electrons. The lowest BCUT2D eigenvalue weighted by molar-refractivity contribution is -0.128. The summed E-state index contributed by atoms with van der Waals surface area (Å²) in [5, 5.41) is 18.1. The number of aldehydes is 1. The van der Waals surface area contributed by atoms with E-state index in [-0.39, 0.29) is 55.0 Å². The summed E-state index contributed by atoms with van der Waals surface area (Å²) >= 11 is 1.93. The van der Waals surface area contributed by atoms with Crippen molar-refractivity contribution in [1.82, 2.24) is 41.5 Å². The monoisotopic (exact) mass is 1000 g/mol. The lowest BCUT2D eigenvalue weighted by Crippen LogP contribution is -2.43. The van der Waals surface area contributed by atoms with Crippen molar-refractivity contribution >= 4 is 53.4 Å². The third-order valence-corrected chi connectivity index (χ3v) is 12.6. The normalized spacial score (nSPS) is 18.1. The number of amides is 5. The Hall–Kier alpha value is -5.13. The number of ether oxygens (including phenoxy) is 6.